The van der Waals surface area contributed by atoms with Crippen molar-refractivity contribution in [3.8, 4) is 0 Å². The van der Waals surface area contributed by atoms with Gasteiger partial charge in [-0.3, -0.25) is 0 Å². The van der Waals surface area contributed by atoms with Gasteiger partial charge < -0.3 is 14.2 Å². The average molecular weight is 322 g/mol. The monoisotopic (exact) mass is 322 g/mol. The van der Waals surface area contributed by atoms with Crippen LogP contribution in [0.2, 0.25) is 0 Å². The Balaban J connectivity index is 2.07. The lowest BCUT2D eigenvalue weighted by Crippen LogP contribution is -2.46. The molecular formula is C19H30O4. The summed E-state index contributed by atoms with van der Waals surface area (Å²) in [5.41, 5.74) is 2.05. The summed E-state index contributed by atoms with van der Waals surface area (Å²) in [5, 5.41) is 0. The Kier molecular flexibility index (Phi) is 5.69. The fourth-order valence-corrected chi connectivity index (χ4v) is 3.42. The highest BCUT2D eigenvalue weighted by Gasteiger charge is 2.58. The molecule has 0 aromatic heterocycles. The zero-order chi connectivity index (χ0) is 17.1. The number of hydrogen-bond donors (Lipinski definition) is 0. The molecule has 0 aromatic carbocycles. The Labute approximate surface area is 139 Å². The highest BCUT2D eigenvalue weighted by atomic mass is 16.6. The maximum absolute atomic E-state index is 11.7. The van der Waals surface area contributed by atoms with Crippen molar-refractivity contribution in [2.45, 2.75) is 65.1 Å². The Bertz CT molecular complexity index is 493. The summed E-state index contributed by atoms with van der Waals surface area (Å²) in [6.45, 7) is 12.1. The fourth-order valence-electron chi connectivity index (χ4n) is 3.42. The van der Waals surface area contributed by atoms with Crippen molar-refractivity contribution in [2.24, 2.45) is 5.92 Å². The summed E-state index contributed by atoms with van der Waals surface area (Å²) < 4.78 is 17.0. The van der Waals surface area contributed by atoms with Crippen molar-refractivity contribution >= 4 is 5.97 Å². The van der Waals surface area contributed by atoms with Crippen LogP contribution in [-0.4, -0.2) is 37.0 Å². The van der Waals surface area contributed by atoms with E-state index < -0.39 is 0 Å². The van der Waals surface area contributed by atoms with Crippen LogP contribution in [0.15, 0.2) is 23.3 Å². The van der Waals surface area contributed by atoms with E-state index in [0.717, 1.165) is 31.4 Å². The predicted molar refractivity (Wildman–Crippen MR) is 90.2 cm³/mol. The summed E-state index contributed by atoms with van der Waals surface area (Å²) in [6.07, 6.45) is 6.45. The molecule has 2 unspecified atom stereocenters. The molecule has 2 aliphatic rings. The molecule has 1 spiro atoms. The number of allylic oxidation sites excluding steroid dienone is 2. The average Bonchev–Trinajstić information content (AvgIpc) is 3.21. The number of carbonyl (C=O) groups is 1. The number of rotatable bonds is 6. The molecule has 0 aromatic rings. The van der Waals surface area contributed by atoms with Crippen molar-refractivity contribution in [1.82, 2.24) is 0 Å². The van der Waals surface area contributed by atoms with E-state index in [9.17, 15) is 4.79 Å². The molecule has 0 bridgehead atoms. The number of ether oxygens (including phenoxy) is 3. The van der Waals surface area contributed by atoms with Crippen LogP contribution < -0.4 is 0 Å². The molecule has 130 valence electrons. The zero-order valence-electron chi connectivity index (χ0n) is 15.1. The summed E-state index contributed by atoms with van der Waals surface area (Å²) in [6, 6.07) is 0. The minimum Gasteiger partial charge on any atom is -0.463 e. The Morgan fingerprint density at radius 3 is 2.70 bits per heavy atom. The second-order valence-electron chi connectivity index (χ2n) is 7.36. The minimum absolute atomic E-state index is 0.0551. The normalized spacial score (nSPS) is 28.7. The number of esters is 1. The SMILES string of the molecule is CCOC(=O)/C=C1/CCC2(CO2)C(C(C)(C)OCC=C(C)C)C1. The van der Waals surface area contributed by atoms with Gasteiger partial charge in [0.1, 0.15) is 0 Å². The van der Waals surface area contributed by atoms with Gasteiger partial charge in [-0.1, -0.05) is 17.2 Å². The number of carbonyl (C=O) groups excluding carboxylic acids is 1. The maximum Gasteiger partial charge on any atom is 0.330 e. The van der Waals surface area contributed by atoms with Crippen LogP contribution in [-0.2, 0) is 19.0 Å². The third kappa shape index (κ3) is 4.67. The Morgan fingerprint density at radius 2 is 2.13 bits per heavy atom. The van der Waals surface area contributed by atoms with Gasteiger partial charge in [-0.15, -0.1) is 0 Å². The first kappa shape index (κ1) is 18.2. The molecule has 1 saturated heterocycles. The quantitative estimate of drug-likeness (QED) is 0.323. The number of hydrogen-bond acceptors (Lipinski definition) is 4. The first-order valence-corrected chi connectivity index (χ1v) is 8.56. The third-order valence-corrected chi connectivity index (χ3v) is 4.88. The summed E-state index contributed by atoms with van der Waals surface area (Å²) in [4.78, 5) is 11.7. The minimum atomic E-state index is -0.295. The van der Waals surface area contributed by atoms with Gasteiger partial charge in [-0.25, -0.2) is 4.79 Å². The van der Waals surface area contributed by atoms with E-state index in [-0.39, 0.29) is 23.1 Å². The number of epoxide rings is 1. The van der Waals surface area contributed by atoms with Crippen molar-refractivity contribution < 1.29 is 19.0 Å². The second kappa shape index (κ2) is 7.18. The van der Waals surface area contributed by atoms with E-state index in [1.54, 1.807) is 6.08 Å². The highest BCUT2D eigenvalue weighted by molar-refractivity contribution is 5.82. The molecule has 2 fully saturated rings. The molecule has 1 saturated carbocycles. The molecule has 23 heavy (non-hydrogen) atoms. The molecule has 4 heteroatoms. The predicted octanol–water partition coefficient (Wildman–Crippen LogP) is 3.81. The fraction of sp³-hybridized carbons (Fsp3) is 0.737. The van der Waals surface area contributed by atoms with Gasteiger partial charge in [0, 0.05) is 12.0 Å². The van der Waals surface area contributed by atoms with Gasteiger partial charge in [-0.05, 0) is 53.9 Å². The van der Waals surface area contributed by atoms with E-state index in [1.807, 2.05) is 6.92 Å². The molecular weight excluding hydrogens is 292 g/mol. The first-order valence-electron chi connectivity index (χ1n) is 8.56. The van der Waals surface area contributed by atoms with E-state index in [4.69, 9.17) is 14.2 Å². The van der Waals surface area contributed by atoms with Crippen molar-refractivity contribution in [1.29, 1.82) is 0 Å². The van der Waals surface area contributed by atoms with Crippen LogP contribution in [0.4, 0.5) is 0 Å². The molecule has 0 amide bonds. The van der Waals surface area contributed by atoms with Crippen molar-refractivity contribution in [3.05, 3.63) is 23.3 Å². The van der Waals surface area contributed by atoms with Crippen LogP contribution in [0, 0.1) is 5.92 Å². The van der Waals surface area contributed by atoms with Crippen LogP contribution in [0.25, 0.3) is 0 Å². The topological polar surface area (TPSA) is 48.1 Å². The third-order valence-electron chi connectivity index (χ3n) is 4.88. The lowest BCUT2D eigenvalue weighted by atomic mass is 9.69. The van der Waals surface area contributed by atoms with Gasteiger partial charge in [0.25, 0.3) is 0 Å². The first-order chi connectivity index (χ1) is 10.8. The van der Waals surface area contributed by atoms with Crippen molar-refractivity contribution in [2.75, 3.05) is 19.8 Å². The van der Waals surface area contributed by atoms with E-state index in [0.29, 0.717) is 13.2 Å². The molecule has 1 aliphatic heterocycles. The van der Waals surface area contributed by atoms with Gasteiger partial charge >= 0.3 is 5.97 Å². The molecule has 4 nitrogen and oxygen atoms in total. The van der Waals surface area contributed by atoms with E-state index in [2.05, 4.69) is 33.8 Å². The van der Waals surface area contributed by atoms with Crippen LogP contribution in [0.5, 0.6) is 0 Å². The lowest BCUT2D eigenvalue weighted by molar-refractivity contribution is -0.137. The smallest absolute Gasteiger partial charge is 0.330 e. The largest absolute Gasteiger partial charge is 0.463 e. The zero-order valence-corrected chi connectivity index (χ0v) is 15.1. The lowest BCUT2D eigenvalue weighted by Gasteiger charge is -2.41. The summed E-state index contributed by atoms with van der Waals surface area (Å²) >= 11 is 0. The summed E-state index contributed by atoms with van der Waals surface area (Å²) in [7, 11) is 0. The maximum atomic E-state index is 11.7. The van der Waals surface area contributed by atoms with Gasteiger partial charge in [0.05, 0.1) is 31.0 Å². The molecule has 2 atom stereocenters. The van der Waals surface area contributed by atoms with Gasteiger partial charge in [0.15, 0.2) is 0 Å². The van der Waals surface area contributed by atoms with Gasteiger partial charge in [0.2, 0.25) is 0 Å². The van der Waals surface area contributed by atoms with Crippen LogP contribution >= 0.6 is 0 Å². The standard InChI is InChI=1S/C19H30O4/c1-6-21-17(20)12-15-7-9-19(13-23-19)16(11-15)18(4,5)22-10-8-14(2)3/h8,12,16H,6-7,9-11,13H2,1-5H3/b15-12-. The molecule has 0 radical (unpaired) electrons. The molecule has 2 rings (SSSR count). The molecule has 0 N–H and O–H groups in total. The Morgan fingerprint density at radius 1 is 1.43 bits per heavy atom. The van der Waals surface area contributed by atoms with Crippen LogP contribution in [0.3, 0.4) is 0 Å². The summed E-state index contributed by atoms with van der Waals surface area (Å²) in [5.74, 6) is 0.0205. The molecule has 1 aliphatic carbocycles. The second-order valence-corrected chi connectivity index (χ2v) is 7.36. The van der Waals surface area contributed by atoms with E-state index >= 15 is 0 Å². The molecule has 1 heterocycles. The highest BCUT2D eigenvalue weighted by Crippen LogP contribution is 2.52. The van der Waals surface area contributed by atoms with Crippen LogP contribution in [0.1, 0.15) is 53.9 Å². The van der Waals surface area contributed by atoms with Crippen molar-refractivity contribution in [3.63, 3.8) is 0 Å². The van der Waals surface area contributed by atoms with Gasteiger partial charge in [-0.2, -0.15) is 0 Å². The Hall–Kier alpha value is -1.13. The van der Waals surface area contributed by atoms with E-state index in [1.165, 1.54) is 5.57 Å².